The maximum absolute atomic E-state index is 12.8. The zero-order chi connectivity index (χ0) is 26.2. The first-order chi connectivity index (χ1) is 18.7. The van der Waals surface area contributed by atoms with Crippen molar-refractivity contribution >= 4 is 28.9 Å². The van der Waals surface area contributed by atoms with Gasteiger partial charge in [0.15, 0.2) is 0 Å². The number of rotatable bonds is 10. The van der Waals surface area contributed by atoms with Gasteiger partial charge in [-0.2, -0.15) is 0 Å². The molecule has 202 valence electrons. The fourth-order valence-corrected chi connectivity index (χ4v) is 6.03. The van der Waals surface area contributed by atoms with Gasteiger partial charge >= 0.3 is 0 Å². The molecule has 0 radical (unpaired) electrons. The Morgan fingerprint density at radius 1 is 1.08 bits per heavy atom. The Morgan fingerprint density at radius 3 is 2.71 bits per heavy atom. The Hall–Kier alpha value is -2.85. The summed E-state index contributed by atoms with van der Waals surface area (Å²) in [6, 6.07) is 14.1. The van der Waals surface area contributed by atoms with E-state index in [1.807, 2.05) is 24.3 Å². The van der Waals surface area contributed by atoms with Crippen molar-refractivity contribution in [2.24, 2.45) is 11.8 Å². The third-order valence-electron chi connectivity index (χ3n) is 7.52. The number of nitrogens with one attached hydrogen (secondary N) is 2. The monoisotopic (exact) mass is 535 g/mol. The van der Waals surface area contributed by atoms with E-state index in [2.05, 4.69) is 38.7 Å². The van der Waals surface area contributed by atoms with E-state index >= 15 is 0 Å². The average Bonchev–Trinajstić information content (AvgIpc) is 3.47. The number of benzene rings is 1. The molecular formula is C29H37N5O3S. The lowest BCUT2D eigenvalue weighted by atomic mass is 9.82. The molecule has 0 unspecified atom stereocenters. The second-order valence-electron chi connectivity index (χ2n) is 10.2. The van der Waals surface area contributed by atoms with Crippen LogP contribution in [0.3, 0.4) is 0 Å². The van der Waals surface area contributed by atoms with Gasteiger partial charge in [-0.15, -0.1) is 11.3 Å². The molecule has 1 aliphatic heterocycles. The molecule has 0 spiro atoms. The van der Waals surface area contributed by atoms with Gasteiger partial charge in [-0.05, 0) is 79.8 Å². The highest BCUT2D eigenvalue weighted by Gasteiger charge is 2.21. The van der Waals surface area contributed by atoms with Crippen molar-refractivity contribution in [2.75, 3.05) is 51.3 Å². The number of ether oxygens (including phenoxy) is 1. The summed E-state index contributed by atoms with van der Waals surface area (Å²) >= 11 is 1.45. The highest BCUT2D eigenvalue weighted by Crippen LogP contribution is 2.29. The lowest BCUT2D eigenvalue weighted by molar-refractivity contribution is 0.0384. The number of aliphatic hydroxyl groups is 1. The molecule has 3 heterocycles. The summed E-state index contributed by atoms with van der Waals surface area (Å²) < 4.78 is 5.44. The zero-order valence-corrected chi connectivity index (χ0v) is 22.6. The van der Waals surface area contributed by atoms with E-state index in [1.165, 1.54) is 16.9 Å². The summed E-state index contributed by atoms with van der Waals surface area (Å²) in [6.45, 7) is 5.62. The quantitative estimate of drug-likeness (QED) is 0.355. The van der Waals surface area contributed by atoms with Crippen molar-refractivity contribution in [1.82, 2.24) is 20.2 Å². The van der Waals surface area contributed by atoms with Crippen molar-refractivity contribution in [3.05, 3.63) is 59.1 Å². The molecule has 1 saturated heterocycles. The number of hydrogen-bond donors (Lipinski definition) is 3. The van der Waals surface area contributed by atoms with Crippen molar-refractivity contribution in [3.63, 3.8) is 0 Å². The van der Waals surface area contributed by atoms with Crippen molar-refractivity contribution in [1.29, 1.82) is 0 Å². The van der Waals surface area contributed by atoms with Crippen LogP contribution in [0.15, 0.2) is 48.7 Å². The standard InChI is InChI=1S/C29H37N5O3S/c35-20-23-6-4-22(5-7-23)19-31-28(36)27-9-8-26(38-27)25-10-12-30-29(33-25)32-24-3-1-2-21(18-24)11-13-34-14-16-37-17-15-34/h1-3,8-10,12,18,22-23,35H,4-7,11,13-17,19-20H2,(H,31,36)(H,30,32,33). The zero-order valence-electron chi connectivity index (χ0n) is 21.8. The largest absolute Gasteiger partial charge is 0.396 e. The third-order valence-corrected chi connectivity index (χ3v) is 8.62. The highest BCUT2D eigenvalue weighted by molar-refractivity contribution is 7.17. The molecule has 1 amide bonds. The molecule has 2 aromatic heterocycles. The van der Waals surface area contributed by atoms with Crippen molar-refractivity contribution in [3.8, 4) is 10.6 Å². The van der Waals surface area contributed by atoms with E-state index in [1.54, 1.807) is 6.20 Å². The molecule has 2 aliphatic rings. The molecule has 0 atom stereocenters. The number of aliphatic hydroxyl groups excluding tert-OH is 1. The van der Waals surface area contributed by atoms with E-state index in [0.717, 1.165) is 81.2 Å². The van der Waals surface area contributed by atoms with E-state index in [0.29, 0.717) is 29.2 Å². The summed E-state index contributed by atoms with van der Waals surface area (Å²) in [7, 11) is 0. The summed E-state index contributed by atoms with van der Waals surface area (Å²) in [5.41, 5.74) is 3.02. The van der Waals surface area contributed by atoms with Gasteiger partial charge < -0.3 is 20.5 Å². The number of hydrogen-bond acceptors (Lipinski definition) is 8. The second kappa shape index (κ2) is 13.3. The molecule has 38 heavy (non-hydrogen) atoms. The van der Waals surface area contributed by atoms with Crippen LogP contribution in [-0.4, -0.2) is 71.9 Å². The number of carbonyl (C=O) groups excluding carboxylic acids is 1. The first kappa shape index (κ1) is 26.7. The van der Waals surface area contributed by atoms with Crippen LogP contribution < -0.4 is 10.6 Å². The minimum atomic E-state index is -0.0353. The van der Waals surface area contributed by atoms with Gasteiger partial charge in [0.25, 0.3) is 5.91 Å². The SMILES string of the molecule is O=C(NCC1CCC(CO)CC1)c1ccc(-c2ccnc(Nc3cccc(CCN4CCOCC4)c3)n2)s1. The maximum Gasteiger partial charge on any atom is 0.261 e. The Labute approximate surface area is 228 Å². The van der Waals surface area contributed by atoms with Crippen LogP contribution in [0.1, 0.15) is 40.9 Å². The fourth-order valence-electron chi connectivity index (χ4n) is 5.14. The van der Waals surface area contributed by atoms with Crippen LogP contribution in [0.4, 0.5) is 11.6 Å². The van der Waals surface area contributed by atoms with Gasteiger partial charge in [-0.25, -0.2) is 9.97 Å². The lowest BCUT2D eigenvalue weighted by Crippen LogP contribution is -2.37. The van der Waals surface area contributed by atoms with Crippen LogP contribution >= 0.6 is 11.3 Å². The Morgan fingerprint density at radius 2 is 1.89 bits per heavy atom. The Bertz CT molecular complexity index is 1190. The van der Waals surface area contributed by atoms with Crippen LogP contribution in [0, 0.1) is 11.8 Å². The highest BCUT2D eigenvalue weighted by atomic mass is 32.1. The van der Waals surface area contributed by atoms with Gasteiger partial charge in [-0.3, -0.25) is 9.69 Å². The van der Waals surface area contributed by atoms with Crippen molar-refractivity contribution in [2.45, 2.75) is 32.1 Å². The molecular weight excluding hydrogens is 498 g/mol. The van der Waals surface area contributed by atoms with E-state index in [4.69, 9.17) is 9.72 Å². The molecule has 1 saturated carbocycles. The van der Waals surface area contributed by atoms with E-state index in [-0.39, 0.29) is 12.5 Å². The number of nitrogens with zero attached hydrogens (tertiary/aromatic N) is 3. The second-order valence-corrected chi connectivity index (χ2v) is 11.3. The predicted octanol–water partition coefficient (Wildman–Crippen LogP) is 4.35. The van der Waals surface area contributed by atoms with E-state index in [9.17, 15) is 9.90 Å². The smallest absolute Gasteiger partial charge is 0.261 e. The van der Waals surface area contributed by atoms with Crippen LogP contribution in [0.2, 0.25) is 0 Å². The number of amides is 1. The maximum atomic E-state index is 12.8. The number of thiophene rings is 1. The van der Waals surface area contributed by atoms with Crippen LogP contribution in [0.5, 0.6) is 0 Å². The first-order valence-electron chi connectivity index (χ1n) is 13.6. The molecule has 0 bridgehead atoms. The number of morpholine rings is 1. The fraction of sp³-hybridized carbons (Fsp3) is 0.483. The van der Waals surface area contributed by atoms with Gasteiger partial charge in [0.1, 0.15) is 0 Å². The summed E-state index contributed by atoms with van der Waals surface area (Å²) in [4.78, 5) is 25.9. The Balaban J connectivity index is 1.15. The normalized spacial score (nSPS) is 20.2. The topological polar surface area (TPSA) is 99.6 Å². The average molecular weight is 536 g/mol. The number of carbonyl (C=O) groups is 1. The summed E-state index contributed by atoms with van der Waals surface area (Å²) in [6.07, 6.45) is 6.95. The minimum Gasteiger partial charge on any atom is -0.396 e. The Kier molecular flexibility index (Phi) is 9.35. The van der Waals surface area contributed by atoms with Gasteiger partial charge in [0.05, 0.1) is 28.7 Å². The van der Waals surface area contributed by atoms with Crippen molar-refractivity contribution < 1.29 is 14.6 Å². The minimum absolute atomic E-state index is 0.0353. The van der Waals surface area contributed by atoms with Crippen LogP contribution in [-0.2, 0) is 11.2 Å². The molecule has 3 aromatic rings. The molecule has 5 rings (SSSR count). The van der Waals surface area contributed by atoms with Gasteiger partial charge in [0, 0.05) is 44.7 Å². The molecule has 1 aliphatic carbocycles. The predicted molar refractivity (Wildman–Crippen MR) is 151 cm³/mol. The number of anilines is 2. The molecule has 8 nitrogen and oxygen atoms in total. The van der Waals surface area contributed by atoms with E-state index < -0.39 is 0 Å². The molecule has 3 N–H and O–H groups in total. The third kappa shape index (κ3) is 7.38. The van der Waals surface area contributed by atoms with Crippen LogP contribution in [0.25, 0.3) is 10.6 Å². The van der Waals surface area contributed by atoms with Gasteiger partial charge in [0.2, 0.25) is 5.95 Å². The first-order valence-corrected chi connectivity index (χ1v) is 14.5. The molecule has 1 aromatic carbocycles. The summed E-state index contributed by atoms with van der Waals surface area (Å²) in [5.74, 6) is 1.42. The molecule has 2 fully saturated rings. The number of aromatic nitrogens is 2. The molecule has 9 heteroatoms. The lowest BCUT2D eigenvalue weighted by Gasteiger charge is -2.27. The summed E-state index contributed by atoms with van der Waals surface area (Å²) in [5, 5.41) is 15.8. The van der Waals surface area contributed by atoms with Gasteiger partial charge in [-0.1, -0.05) is 12.1 Å².